The van der Waals surface area contributed by atoms with E-state index in [2.05, 4.69) is 10.5 Å². The number of carbonyl (C=O) groups is 1. The highest BCUT2D eigenvalue weighted by Crippen LogP contribution is 2.28. The van der Waals surface area contributed by atoms with Crippen LogP contribution in [0.25, 0.3) is 0 Å². The molecule has 2 aromatic carbocycles. The molecule has 0 bridgehead atoms. The Morgan fingerprint density at radius 2 is 1.83 bits per heavy atom. The normalized spacial score (nSPS) is 10.7. The Kier molecular flexibility index (Phi) is 4.77. The zero-order valence-electron chi connectivity index (χ0n) is 11.4. The Morgan fingerprint density at radius 3 is 2.43 bits per heavy atom. The van der Waals surface area contributed by atoms with Crippen LogP contribution in [-0.2, 0) is 0 Å². The average molecular weight is 334 g/mol. The lowest BCUT2D eigenvalue weighted by atomic mass is 10.2. The van der Waals surface area contributed by atoms with Gasteiger partial charge >= 0.3 is 0 Å². The number of hydrazone groups is 1. The maximum atomic E-state index is 11.8. The van der Waals surface area contributed by atoms with Gasteiger partial charge in [-0.15, -0.1) is 5.75 Å². The van der Waals surface area contributed by atoms with Crippen molar-refractivity contribution in [3.05, 3.63) is 62.7 Å². The van der Waals surface area contributed by atoms with Gasteiger partial charge < -0.3 is 10.2 Å². The van der Waals surface area contributed by atoms with Crippen LogP contribution in [0.3, 0.4) is 0 Å². The van der Waals surface area contributed by atoms with Crippen LogP contribution >= 0.6 is 11.6 Å². The zero-order valence-corrected chi connectivity index (χ0v) is 12.1. The van der Waals surface area contributed by atoms with E-state index >= 15 is 0 Å². The number of rotatable bonds is 4. The van der Waals surface area contributed by atoms with Gasteiger partial charge in [-0.3, -0.25) is 14.9 Å². The maximum absolute atomic E-state index is 11.8. The number of amides is 1. The molecule has 2 rings (SSSR count). The average Bonchev–Trinajstić information content (AvgIpc) is 2.49. The van der Waals surface area contributed by atoms with E-state index in [-0.39, 0.29) is 11.1 Å². The molecule has 9 heteroatoms. The predicted molar refractivity (Wildman–Crippen MR) is 78.5 cm³/mol. The van der Waals surface area contributed by atoms with Crippen LogP contribution < -0.4 is 15.6 Å². The minimum absolute atomic E-state index is 0.187. The summed E-state index contributed by atoms with van der Waals surface area (Å²) in [6.07, 6.45) is 0.933. The summed E-state index contributed by atoms with van der Waals surface area (Å²) in [7, 11) is 0. The second-order valence-corrected chi connectivity index (χ2v) is 4.76. The van der Waals surface area contributed by atoms with E-state index < -0.39 is 28.0 Å². The summed E-state index contributed by atoms with van der Waals surface area (Å²) >= 11 is 5.69. The number of carbonyl (C=O) groups excluding carboxylic acids is 1. The Bertz CT molecular complexity index is 790. The van der Waals surface area contributed by atoms with Gasteiger partial charge in [-0.05, 0) is 35.6 Å². The number of halogens is 1. The van der Waals surface area contributed by atoms with Gasteiger partial charge in [0.15, 0.2) is 0 Å². The molecule has 0 saturated carbocycles. The first-order valence-electron chi connectivity index (χ1n) is 6.14. The molecule has 0 unspecified atom stereocenters. The summed E-state index contributed by atoms with van der Waals surface area (Å²) in [4.78, 5) is 21.5. The van der Waals surface area contributed by atoms with E-state index in [0.717, 1.165) is 12.3 Å². The third kappa shape index (κ3) is 3.95. The van der Waals surface area contributed by atoms with Crippen molar-refractivity contribution in [2.75, 3.05) is 0 Å². The first kappa shape index (κ1) is 16.2. The molecule has 1 N–H and O–H groups in total. The summed E-state index contributed by atoms with van der Waals surface area (Å²) in [5.41, 5.74) is 1.52. The predicted octanol–water partition coefficient (Wildman–Crippen LogP) is 1.16. The SMILES string of the molecule is O=C(N/N=C/c1cc([N+](=O)[O-])c([O-])cc1[O-])c1ccc(Cl)cc1. The van der Waals surface area contributed by atoms with Crippen LogP contribution in [0.15, 0.2) is 41.5 Å². The van der Waals surface area contributed by atoms with Crippen molar-refractivity contribution in [3.8, 4) is 11.5 Å². The number of benzene rings is 2. The van der Waals surface area contributed by atoms with Crippen LogP contribution in [0.2, 0.25) is 5.02 Å². The first-order valence-corrected chi connectivity index (χ1v) is 6.51. The Balaban J connectivity index is 2.14. The highest BCUT2D eigenvalue weighted by Gasteiger charge is 2.08. The first-order chi connectivity index (χ1) is 10.9. The number of nitrogens with one attached hydrogen (secondary N) is 1. The quantitative estimate of drug-likeness (QED) is 0.509. The second kappa shape index (κ2) is 6.75. The van der Waals surface area contributed by atoms with E-state index in [1.807, 2.05) is 0 Å². The molecular weight excluding hydrogens is 326 g/mol. The van der Waals surface area contributed by atoms with Crippen molar-refractivity contribution >= 4 is 29.4 Å². The van der Waals surface area contributed by atoms with Crippen LogP contribution in [0, 0.1) is 10.1 Å². The molecule has 0 atom stereocenters. The van der Waals surface area contributed by atoms with Crippen molar-refractivity contribution in [2.24, 2.45) is 5.10 Å². The summed E-state index contributed by atoms with van der Waals surface area (Å²) in [6, 6.07) is 7.40. The fraction of sp³-hybridized carbons (Fsp3) is 0. The van der Waals surface area contributed by atoms with Crippen LogP contribution in [0.1, 0.15) is 15.9 Å². The second-order valence-electron chi connectivity index (χ2n) is 4.32. The molecular formula is C14H8ClN3O5-2. The highest BCUT2D eigenvalue weighted by atomic mass is 35.5. The van der Waals surface area contributed by atoms with Gasteiger partial charge in [-0.1, -0.05) is 17.7 Å². The molecule has 0 fully saturated rings. The van der Waals surface area contributed by atoms with Crippen molar-refractivity contribution in [1.29, 1.82) is 0 Å². The van der Waals surface area contributed by atoms with Crippen molar-refractivity contribution in [1.82, 2.24) is 5.43 Å². The van der Waals surface area contributed by atoms with Gasteiger partial charge in [0.2, 0.25) is 0 Å². The molecule has 23 heavy (non-hydrogen) atoms. The van der Waals surface area contributed by atoms with Gasteiger partial charge in [-0.2, -0.15) is 5.10 Å². The van der Waals surface area contributed by atoms with E-state index in [9.17, 15) is 25.1 Å². The standard InChI is InChI=1S/C14H10ClN3O5/c15-10-3-1-8(2-4-10)14(21)17-16-7-9-5-11(18(22)23)13(20)6-12(9)19/h1-7,19-20H,(H,17,21)/p-2/b16-7+. The smallest absolute Gasteiger partial charge is 0.271 e. The summed E-state index contributed by atoms with van der Waals surface area (Å²) < 4.78 is 0. The minimum Gasteiger partial charge on any atom is -0.872 e. The van der Waals surface area contributed by atoms with Crippen molar-refractivity contribution in [3.63, 3.8) is 0 Å². The molecule has 0 heterocycles. The number of nitrogens with zero attached hydrogens (tertiary/aromatic N) is 2. The number of hydrogen-bond donors (Lipinski definition) is 1. The minimum atomic E-state index is -0.984. The summed E-state index contributed by atoms with van der Waals surface area (Å²) in [5.74, 6) is -2.27. The van der Waals surface area contributed by atoms with Gasteiger partial charge in [0.1, 0.15) is 0 Å². The zero-order chi connectivity index (χ0) is 17.0. The Hall–Kier alpha value is -3.13. The number of nitro groups is 1. The Morgan fingerprint density at radius 1 is 1.17 bits per heavy atom. The molecule has 0 aliphatic rings. The molecule has 0 aliphatic heterocycles. The summed E-state index contributed by atoms with van der Waals surface area (Å²) in [6.45, 7) is 0. The maximum Gasteiger partial charge on any atom is 0.271 e. The summed E-state index contributed by atoms with van der Waals surface area (Å²) in [5, 5.41) is 37.5. The van der Waals surface area contributed by atoms with Gasteiger partial charge in [-0.25, -0.2) is 5.43 Å². The number of hydrogen-bond acceptors (Lipinski definition) is 6. The van der Waals surface area contributed by atoms with Gasteiger partial charge in [0, 0.05) is 16.7 Å². The molecule has 2 aromatic rings. The Labute approximate surface area is 134 Å². The molecule has 0 spiro atoms. The van der Waals surface area contributed by atoms with Crippen molar-refractivity contribution in [2.45, 2.75) is 0 Å². The van der Waals surface area contributed by atoms with Gasteiger partial charge in [0.05, 0.1) is 11.1 Å². The van der Waals surface area contributed by atoms with E-state index in [0.29, 0.717) is 11.1 Å². The molecule has 1 amide bonds. The molecule has 0 aliphatic carbocycles. The van der Waals surface area contributed by atoms with E-state index in [1.54, 1.807) is 0 Å². The number of nitro benzene ring substituents is 1. The lowest BCUT2D eigenvalue weighted by molar-refractivity contribution is -0.398. The molecule has 8 nitrogen and oxygen atoms in total. The van der Waals surface area contributed by atoms with Crippen LogP contribution in [-0.4, -0.2) is 17.0 Å². The van der Waals surface area contributed by atoms with E-state index in [1.165, 1.54) is 24.3 Å². The van der Waals surface area contributed by atoms with Gasteiger partial charge in [0.25, 0.3) is 11.6 Å². The third-order valence-electron chi connectivity index (χ3n) is 2.76. The molecule has 0 saturated heterocycles. The lowest BCUT2D eigenvalue weighted by Crippen LogP contribution is -2.17. The topological polar surface area (TPSA) is 131 Å². The monoisotopic (exact) mass is 333 g/mol. The lowest BCUT2D eigenvalue weighted by Gasteiger charge is -2.15. The largest absolute Gasteiger partial charge is 0.872 e. The van der Waals surface area contributed by atoms with E-state index in [4.69, 9.17) is 11.6 Å². The molecule has 118 valence electrons. The van der Waals surface area contributed by atoms with Crippen molar-refractivity contribution < 1.29 is 19.9 Å². The fourth-order valence-electron chi connectivity index (χ4n) is 1.64. The highest BCUT2D eigenvalue weighted by molar-refractivity contribution is 6.30. The third-order valence-corrected chi connectivity index (χ3v) is 3.02. The van der Waals surface area contributed by atoms with Crippen LogP contribution in [0.5, 0.6) is 11.5 Å². The van der Waals surface area contributed by atoms with Crippen LogP contribution in [0.4, 0.5) is 5.69 Å². The molecule has 0 aromatic heterocycles. The molecule has 0 radical (unpaired) electrons. The fourth-order valence-corrected chi connectivity index (χ4v) is 1.76.